The van der Waals surface area contributed by atoms with Crippen LogP contribution in [0.25, 0.3) is 0 Å². The highest BCUT2D eigenvalue weighted by Crippen LogP contribution is 2.27. The Bertz CT molecular complexity index is 752. The topological polar surface area (TPSA) is 99.2 Å². The van der Waals surface area contributed by atoms with Gasteiger partial charge in [0.25, 0.3) is 0 Å². The van der Waals surface area contributed by atoms with Gasteiger partial charge in [-0.2, -0.15) is 4.31 Å². The van der Waals surface area contributed by atoms with Crippen LogP contribution in [0.4, 0.5) is 4.39 Å². The number of nitrogens with zero attached hydrogens (tertiary/aromatic N) is 1. The summed E-state index contributed by atoms with van der Waals surface area (Å²) in [7, 11) is -1.94. The number of ether oxygens (including phenoxy) is 3. The number of carbonyl (C=O) groups is 2. The van der Waals surface area contributed by atoms with E-state index in [1.54, 1.807) is 6.07 Å². The van der Waals surface area contributed by atoms with Crippen molar-refractivity contribution < 1.29 is 36.6 Å². The molecule has 0 amide bonds. The van der Waals surface area contributed by atoms with Gasteiger partial charge in [0, 0.05) is 6.42 Å². The molecule has 1 heterocycles. The zero-order valence-electron chi connectivity index (χ0n) is 13.7. The van der Waals surface area contributed by atoms with Crippen LogP contribution in [0.15, 0.2) is 24.3 Å². The van der Waals surface area contributed by atoms with Gasteiger partial charge in [-0.1, -0.05) is 12.1 Å². The molecule has 2 rings (SSSR count). The van der Waals surface area contributed by atoms with E-state index >= 15 is 0 Å². The van der Waals surface area contributed by atoms with Gasteiger partial charge in [-0.15, -0.1) is 0 Å². The Morgan fingerprint density at radius 2 is 1.92 bits per heavy atom. The highest BCUT2D eigenvalue weighted by Gasteiger charge is 2.45. The number of benzene rings is 1. The molecule has 1 aliphatic rings. The second-order valence-corrected chi connectivity index (χ2v) is 7.27. The third-order valence-corrected chi connectivity index (χ3v) is 5.42. The SMILES string of the molecule is COC(=O)CS(=O)(=O)N1C[C@@H](Oc2ccccc2F)C[C@@H]1C(=O)OC. The van der Waals surface area contributed by atoms with Crippen molar-refractivity contribution in [1.29, 1.82) is 0 Å². The van der Waals surface area contributed by atoms with Crippen molar-refractivity contribution in [3.63, 3.8) is 0 Å². The minimum absolute atomic E-state index is 0.0264. The number of esters is 2. The lowest BCUT2D eigenvalue weighted by atomic mass is 10.2. The van der Waals surface area contributed by atoms with Gasteiger partial charge < -0.3 is 14.2 Å². The summed E-state index contributed by atoms with van der Waals surface area (Å²) in [6.45, 7) is -0.215. The second kappa shape index (κ2) is 7.79. The smallest absolute Gasteiger partial charge is 0.324 e. The molecule has 1 saturated heterocycles. The van der Waals surface area contributed by atoms with Gasteiger partial charge in [-0.3, -0.25) is 9.59 Å². The van der Waals surface area contributed by atoms with Crippen LogP contribution in [0.3, 0.4) is 0 Å². The highest BCUT2D eigenvalue weighted by molar-refractivity contribution is 7.89. The zero-order valence-corrected chi connectivity index (χ0v) is 14.5. The van der Waals surface area contributed by atoms with E-state index in [0.29, 0.717) is 0 Å². The third kappa shape index (κ3) is 4.45. The van der Waals surface area contributed by atoms with Gasteiger partial charge in [-0.05, 0) is 12.1 Å². The molecule has 1 aliphatic heterocycles. The van der Waals surface area contributed by atoms with Gasteiger partial charge in [0.15, 0.2) is 17.3 Å². The van der Waals surface area contributed by atoms with E-state index < -0.39 is 45.7 Å². The number of methoxy groups -OCH3 is 2. The first-order valence-electron chi connectivity index (χ1n) is 7.34. The summed E-state index contributed by atoms with van der Waals surface area (Å²) in [5, 5.41) is 0. The number of sulfonamides is 1. The van der Waals surface area contributed by atoms with Crippen molar-refractivity contribution in [3.8, 4) is 5.75 Å². The number of hydrogen-bond acceptors (Lipinski definition) is 7. The van der Waals surface area contributed by atoms with Crippen LogP contribution >= 0.6 is 0 Å². The van der Waals surface area contributed by atoms with Crippen molar-refractivity contribution in [2.45, 2.75) is 18.6 Å². The van der Waals surface area contributed by atoms with E-state index in [1.807, 2.05) is 0 Å². The highest BCUT2D eigenvalue weighted by atomic mass is 32.2. The Kier molecular flexibility index (Phi) is 5.96. The van der Waals surface area contributed by atoms with Crippen LogP contribution < -0.4 is 4.74 Å². The summed E-state index contributed by atoms with van der Waals surface area (Å²) in [5.41, 5.74) is 0. The Hall–Kier alpha value is -2.20. The van der Waals surface area contributed by atoms with Crippen LogP contribution in [0.1, 0.15) is 6.42 Å². The Morgan fingerprint density at radius 1 is 1.24 bits per heavy atom. The van der Waals surface area contributed by atoms with Gasteiger partial charge in [0.2, 0.25) is 10.0 Å². The minimum Gasteiger partial charge on any atom is -0.486 e. The average molecular weight is 375 g/mol. The van der Waals surface area contributed by atoms with Gasteiger partial charge >= 0.3 is 11.9 Å². The van der Waals surface area contributed by atoms with E-state index in [2.05, 4.69) is 9.47 Å². The fourth-order valence-corrected chi connectivity index (χ4v) is 4.06. The van der Waals surface area contributed by atoms with Crippen LogP contribution in [-0.2, 0) is 29.1 Å². The molecule has 1 aromatic carbocycles. The van der Waals surface area contributed by atoms with Crippen LogP contribution in [-0.4, -0.2) is 63.3 Å². The van der Waals surface area contributed by atoms with E-state index in [1.165, 1.54) is 18.2 Å². The van der Waals surface area contributed by atoms with Gasteiger partial charge in [0.1, 0.15) is 12.1 Å². The molecular weight excluding hydrogens is 357 g/mol. The summed E-state index contributed by atoms with van der Waals surface area (Å²) in [5.74, 6) is -3.31. The Morgan fingerprint density at radius 3 is 2.52 bits per heavy atom. The second-order valence-electron chi connectivity index (χ2n) is 5.35. The first-order valence-corrected chi connectivity index (χ1v) is 8.94. The first-order chi connectivity index (χ1) is 11.8. The molecule has 0 spiro atoms. The van der Waals surface area contributed by atoms with Gasteiger partial charge in [-0.25, -0.2) is 12.8 Å². The zero-order chi connectivity index (χ0) is 18.6. The van der Waals surface area contributed by atoms with E-state index in [-0.39, 0.29) is 18.7 Å². The number of hydrogen-bond donors (Lipinski definition) is 0. The van der Waals surface area contributed by atoms with Crippen LogP contribution in [0, 0.1) is 5.82 Å². The summed E-state index contributed by atoms with van der Waals surface area (Å²) in [4.78, 5) is 23.2. The molecule has 2 atom stereocenters. The maximum absolute atomic E-state index is 13.7. The average Bonchev–Trinajstić information content (AvgIpc) is 3.00. The van der Waals surface area contributed by atoms with Crippen molar-refractivity contribution >= 4 is 22.0 Å². The molecule has 0 radical (unpaired) electrons. The quantitative estimate of drug-likeness (QED) is 0.661. The molecule has 0 saturated carbocycles. The first kappa shape index (κ1) is 19.1. The largest absolute Gasteiger partial charge is 0.486 e. The molecule has 10 heteroatoms. The molecule has 0 aromatic heterocycles. The van der Waals surface area contributed by atoms with Crippen LogP contribution in [0.2, 0.25) is 0 Å². The van der Waals surface area contributed by atoms with Crippen LogP contribution in [0.5, 0.6) is 5.75 Å². The number of para-hydroxylation sites is 1. The molecular formula is C15H18FNO7S. The minimum atomic E-state index is -4.13. The molecule has 0 aliphatic carbocycles. The lowest BCUT2D eigenvalue weighted by Crippen LogP contribution is -2.43. The summed E-state index contributed by atoms with van der Waals surface area (Å²) < 4.78 is 53.8. The van der Waals surface area contributed by atoms with Gasteiger partial charge in [0.05, 0.1) is 20.8 Å². The maximum atomic E-state index is 13.7. The van der Waals surface area contributed by atoms with Crippen molar-refractivity contribution in [3.05, 3.63) is 30.1 Å². The Balaban J connectivity index is 2.21. The normalized spacial score (nSPS) is 20.9. The van der Waals surface area contributed by atoms with E-state index in [4.69, 9.17) is 4.74 Å². The van der Waals surface area contributed by atoms with E-state index in [9.17, 15) is 22.4 Å². The standard InChI is InChI=1S/C15H18FNO7S/c1-22-14(18)9-25(20,21)17-8-10(7-12(17)15(19)23-2)24-13-6-4-3-5-11(13)16/h3-6,10,12H,7-9H2,1-2H3/t10-,12+/m0/s1. The van der Waals surface area contributed by atoms with Crippen molar-refractivity contribution in [2.75, 3.05) is 26.5 Å². The Labute approximate surface area is 144 Å². The number of carbonyl (C=O) groups excluding carboxylic acids is 2. The summed E-state index contributed by atoms with van der Waals surface area (Å²) in [6.07, 6.45) is -0.796. The number of halogens is 1. The fraction of sp³-hybridized carbons (Fsp3) is 0.467. The number of rotatable bonds is 6. The molecule has 1 fully saturated rings. The lowest BCUT2D eigenvalue weighted by molar-refractivity contribution is -0.144. The molecule has 25 heavy (non-hydrogen) atoms. The summed E-state index contributed by atoms with van der Waals surface area (Å²) >= 11 is 0. The fourth-order valence-electron chi connectivity index (χ4n) is 2.52. The monoisotopic (exact) mass is 375 g/mol. The predicted octanol–water partition coefficient (Wildman–Crippen LogP) is 0.323. The lowest BCUT2D eigenvalue weighted by Gasteiger charge is -2.21. The molecule has 8 nitrogen and oxygen atoms in total. The van der Waals surface area contributed by atoms with Crippen molar-refractivity contribution in [2.24, 2.45) is 0 Å². The molecule has 0 bridgehead atoms. The third-order valence-electron chi connectivity index (χ3n) is 3.71. The molecule has 0 unspecified atom stereocenters. The summed E-state index contributed by atoms with van der Waals surface area (Å²) in [6, 6.07) is 4.50. The van der Waals surface area contributed by atoms with Crippen molar-refractivity contribution in [1.82, 2.24) is 4.31 Å². The molecule has 0 N–H and O–H groups in total. The maximum Gasteiger partial charge on any atom is 0.324 e. The molecule has 138 valence electrons. The predicted molar refractivity (Wildman–Crippen MR) is 83.7 cm³/mol. The molecule has 1 aromatic rings. The van der Waals surface area contributed by atoms with E-state index in [0.717, 1.165) is 18.5 Å².